The number of benzene rings is 2. The van der Waals surface area contributed by atoms with Gasteiger partial charge in [0.05, 0.1) is 6.04 Å². The molecule has 2 heterocycles. The van der Waals surface area contributed by atoms with Gasteiger partial charge in [0.25, 0.3) is 5.91 Å². The largest absolute Gasteiger partial charge is 0.485 e. The van der Waals surface area contributed by atoms with Crippen LogP contribution in [0.15, 0.2) is 53.4 Å². The third kappa shape index (κ3) is 2.88. The minimum absolute atomic E-state index is 0.0423. The molecule has 0 bridgehead atoms. The van der Waals surface area contributed by atoms with Crippen LogP contribution in [0.3, 0.4) is 0 Å². The van der Waals surface area contributed by atoms with Gasteiger partial charge in [0, 0.05) is 10.6 Å². The van der Waals surface area contributed by atoms with Crippen molar-refractivity contribution >= 4 is 17.7 Å². The van der Waals surface area contributed by atoms with E-state index in [1.165, 1.54) is 10.5 Å². The maximum absolute atomic E-state index is 12.6. The topological polar surface area (TPSA) is 47.6 Å². The average molecular weight is 327 g/mol. The maximum Gasteiger partial charge on any atom is 0.265 e. The molecule has 0 fully saturated rings. The summed E-state index contributed by atoms with van der Waals surface area (Å²) in [5.74, 6) is 2.20. The number of carbonyl (C=O) groups is 1. The first-order valence-electron chi connectivity index (χ1n) is 7.72. The molecule has 23 heavy (non-hydrogen) atoms. The van der Waals surface area contributed by atoms with Gasteiger partial charge in [-0.05, 0) is 30.2 Å². The first-order valence-corrected chi connectivity index (χ1v) is 8.70. The highest BCUT2D eigenvalue weighted by atomic mass is 32.2. The van der Waals surface area contributed by atoms with Crippen LogP contribution in [0.5, 0.6) is 11.5 Å². The van der Waals surface area contributed by atoms with Gasteiger partial charge < -0.3 is 14.8 Å². The molecule has 0 saturated heterocycles. The van der Waals surface area contributed by atoms with Crippen molar-refractivity contribution in [1.29, 1.82) is 0 Å². The second-order valence-corrected chi connectivity index (χ2v) is 6.74. The number of hydrogen-bond acceptors (Lipinski definition) is 4. The summed E-state index contributed by atoms with van der Waals surface area (Å²) < 4.78 is 11.4. The monoisotopic (exact) mass is 327 g/mol. The number of para-hydroxylation sites is 2. The molecular formula is C18H17NO3S. The fourth-order valence-corrected chi connectivity index (χ4v) is 4.03. The lowest BCUT2D eigenvalue weighted by atomic mass is 10.0. The lowest BCUT2D eigenvalue weighted by Crippen LogP contribution is -2.45. The van der Waals surface area contributed by atoms with Crippen LogP contribution in [0.1, 0.15) is 18.0 Å². The molecule has 0 aromatic heterocycles. The molecule has 1 N–H and O–H groups in total. The normalized spacial score (nSPS) is 22.1. The van der Waals surface area contributed by atoms with Gasteiger partial charge in [0.15, 0.2) is 11.5 Å². The summed E-state index contributed by atoms with van der Waals surface area (Å²) in [6, 6.07) is 15.7. The minimum Gasteiger partial charge on any atom is -0.485 e. The number of thioether (sulfide) groups is 1. The number of amides is 1. The van der Waals surface area contributed by atoms with Crippen LogP contribution < -0.4 is 14.8 Å². The summed E-state index contributed by atoms with van der Waals surface area (Å²) in [7, 11) is 0. The van der Waals surface area contributed by atoms with Gasteiger partial charge in [-0.2, -0.15) is 0 Å². The quantitative estimate of drug-likeness (QED) is 0.920. The molecule has 2 aromatic rings. The number of nitrogens with one attached hydrogen (secondary N) is 1. The first-order chi connectivity index (χ1) is 11.3. The number of fused-ring (bicyclic) bond motifs is 2. The summed E-state index contributed by atoms with van der Waals surface area (Å²) in [6.07, 6.45) is 0.323. The Kier molecular flexibility index (Phi) is 3.87. The molecule has 2 aliphatic rings. The van der Waals surface area contributed by atoms with E-state index in [1.54, 1.807) is 0 Å². The van der Waals surface area contributed by atoms with Crippen molar-refractivity contribution in [3.05, 3.63) is 54.1 Å². The predicted molar refractivity (Wildman–Crippen MR) is 89.0 cm³/mol. The molecule has 5 heteroatoms. The standard InChI is InChI=1S/C18H17NO3S/c20-18(16-11-21-14-6-2-3-7-15(14)22-16)19-13-9-10-23-17-8-4-1-5-12(13)17/h1-8,13,16H,9-11H2,(H,19,20)/t13-,16-/m1/s1. The second kappa shape index (κ2) is 6.16. The van der Waals surface area contributed by atoms with Crippen LogP contribution in [0.4, 0.5) is 0 Å². The van der Waals surface area contributed by atoms with E-state index in [0.717, 1.165) is 12.2 Å². The van der Waals surface area contributed by atoms with Crippen molar-refractivity contribution in [3.63, 3.8) is 0 Å². The molecule has 0 saturated carbocycles. The van der Waals surface area contributed by atoms with E-state index >= 15 is 0 Å². The number of carbonyl (C=O) groups excluding carboxylic acids is 1. The third-order valence-corrected chi connectivity index (χ3v) is 5.20. The zero-order valence-electron chi connectivity index (χ0n) is 12.5. The molecule has 0 aliphatic carbocycles. The molecule has 0 unspecified atom stereocenters. The number of ether oxygens (including phenoxy) is 2. The van der Waals surface area contributed by atoms with Crippen LogP contribution in [0.25, 0.3) is 0 Å². The zero-order chi connectivity index (χ0) is 15.6. The van der Waals surface area contributed by atoms with Crippen LogP contribution in [0, 0.1) is 0 Å². The molecule has 4 rings (SSSR count). The number of hydrogen-bond donors (Lipinski definition) is 1. The molecule has 118 valence electrons. The van der Waals surface area contributed by atoms with Gasteiger partial charge in [-0.1, -0.05) is 30.3 Å². The Morgan fingerprint density at radius 2 is 1.87 bits per heavy atom. The Balaban J connectivity index is 1.47. The van der Waals surface area contributed by atoms with Gasteiger partial charge in [-0.15, -0.1) is 11.8 Å². The first kappa shape index (κ1) is 14.5. The number of rotatable bonds is 2. The van der Waals surface area contributed by atoms with Crippen LogP contribution in [0.2, 0.25) is 0 Å². The van der Waals surface area contributed by atoms with Crippen molar-refractivity contribution in [2.24, 2.45) is 0 Å². The summed E-state index contributed by atoms with van der Waals surface area (Å²) in [4.78, 5) is 13.8. The Morgan fingerprint density at radius 3 is 2.78 bits per heavy atom. The van der Waals surface area contributed by atoms with Gasteiger partial charge in [-0.3, -0.25) is 4.79 Å². The molecule has 1 amide bonds. The van der Waals surface area contributed by atoms with E-state index in [2.05, 4.69) is 17.4 Å². The van der Waals surface area contributed by atoms with E-state index in [1.807, 2.05) is 48.2 Å². The van der Waals surface area contributed by atoms with E-state index in [-0.39, 0.29) is 18.6 Å². The van der Waals surface area contributed by atoms with Crippen molar-refractivity contribution < 1.29 is 14.3 Å². The SMILES string of the molecule is O=C(N[C@@H]1CCSc2ccccc21)[C@H]1COc2ccccc2O1. The van der Waals surface area contributed by atoms with E-state index < -0.39 is 6.10 Å². The van der Waals surface area contributed by atoms with Crippen molar-refractivity contribution in [3.8, 4) is 11.5 Å². The van der Waals surface area contributed by atoms with Gasteiger partial charge in [-0.25, -0.2) is 0 Å². The summed E-state index contributed by atoms with van der Waals surface area (Å²) in [6.45, 7) is 0.242. The highest BCUT2D eigenvalue weighted by molar-refractivity contribution is 7.99. The van der Waals surface area contributed by atoms with Crippen LogP contribution >= 0.6 is 11.8 Å². The molecule has 0 spiro atoms. The fraction of sp³-hybridized carbons (Fsp3) is 0.278. The van der Waals surface area contributed by atoms with Crippen LogP contribution in [-0.4, -0.2) is 24.4 Å². The molecule has 2 aliphatic heterocycles. The molecular weight excluding hydrogens is 310 g/mol. The fourth-order valence-electron chi connectivity index (χ4n) is 2.91. The van der Waals surface area contributed by atoms with E-state index in [0.29, 0.717) is 11.5 Å². The molecule has 4 nitrogen and oxygen atoms in total. The lowest BCUT2D eigenvalue weighted by molar-refractivity contribution is -0.131. The van der Waals surface area contributed by atoms with Gasteiger partial charge >= 0.3 is 0 Å². The lowest BCUT2D eigenvalue weighted by Gasteiger charge is -2.30. The van der Waals surface area contributed by atoms with E-state index in [4.69, 9.17) is 9.47 Å². The average Bonchev–Trinajstić information content (AvgIpc) is 2.61. The second-order valence-electron chi connectivity index (χ2n) is 5.60. The van der Waals surface area contributed by atoms with Gasteiger partial charge in [0.2, 0.25) is 6.10 Å². The highest BCUT2D eigenvalue weighted by Crippen LogP contribution is 2.36. The minimum atomic E-state index is -0.605. The highest BCUT2D eigenvalue weighted by Gasteiger charge is 2.30. The summed E-state index contributed by atoms with van der Waals surface area (Å²) >= 11 is 1.84. The zero-order valence-corrected chi connectivity index (χ0v) is 13.3. The third-order valence-electron chi connectivity index (χ3n) is 4.08. The molecule has 0 radical (unpaired) electrons. The molecule has 2 aromatic carbocycles. The smallest absolute Gasteiger partial charge is 0.265 e. The van der Waals surface area contributed by atoms with Crippen molar-refractivity contribution in [2.75, 3.05) is 12.4 Å². The Morgan fingerprint density at radius 1 is 1.09 bits per heavy atom. The summed E-state index contributed by atoms with van der Waals surface area (Å²) in [5.41, 5.74) is 1.19. The van der Waals surface area contributed by atoms with Crippen molar-refractivity contribution in [2.45, 2.75) is 23.5 Å². The Labute approximate surface area is 139 Å². The van der Waals surface area contributed by atoms with E-state index in [9.17, 15) is 4.79 Å². The van der Waals surface area contributed by atoms with Crippen molar-refractivity contribution in [1.82, 2.24) is 5.32 Å². The van der Waals surface area contributed by atoms with Crippen LogP contribution in [-0.2, 0) is 4.79 Å². The predicted octanol–water partition coefficient (Wildman–Crippen LogP) is 3.18. The molecule has 2 atom stereocenters. The van der Waals surface area contributed by atoms with Gasteiger partial charge in [0.1, 0.15) is 6.61 Å². The Hall–Kier alpha value is -2.14. The maximum atomic E-state index is 12.6. The summed E-state index contributed by atoms with van der Waals surface area (Å²) in [5, 5.41) is 3.12. The Bertz CT molecular complexity index is 734.